The van der Waals surface area contributed by atoms with Crippen molar-refractivity contribution in [3.8, 4) is 5.75 Å². The normalized spacial score (nSPS) is 15.5. The van der Waals surface area contributed by atoms with Crippen LogP contribution in [0.4, 0.5) is 5.69 Å². The summed E-state index contributed by atoms with van der Waals surface area (Å²) in [6, 6.07) is 8.33. The van der Waals surface area contributed by atoms with Crippen LogP contribution in [0.15, 0.2) is 24.3 Å². The molecular formula is C15H22N2OS. The van der Waals surface area contributed by atoms with Crippen LogP contribution in [0, 0.1) is 0 Å². The van der Waals surface area contributed by atoms with Crippen LogP contribution >= 0.6 is 12.2 Å². The van der Waals surface area contributed by atoms with Gasteiger partial charge in [0, 0.05) is 11.7 Å². The molecule has 4 heteroatoms. The maximum Gasteiger partial charge on any atom is 0.170 e. The van der Waals surface area contributed by atoms with Gasteiger partial charge in [0.25, 0.3) is 0 Å². The van der Waals surface area contributed by atoms with Crippen LogP contribution < -0.4 is 15.4 Å². The van der Waals surface area contributed by atoms with Gasteiger partial charge in [0.05, 0.1) is 6.10 Å². The number of hydrogen-bond donors (Lipinski definition) is 2. The molecule has 2 N–H and O–H groups in total. The second-order valence-electron chi connectivity index (χ2n) is 5.30. The lowest BCUT2D eigenvalue weighted by Gasteiger charge is -2.15. The van der Waals surface area contributed by atoms with E-state index in [1.807, 2.05) is 24.3 Å². The molecule has 1 aromatic carbocycles. The molecule has 0 aliphatic heterocycles. The topological polar surface area (TPSA) is 33.3 Å². The van der Waals surface area contributed by atoms with Crippen molar-refractivity contribution in [3.63, 3.8) is 0 Å². The molecule has 1 saturated carbocycles. The van der Waals surface area contributed by atoms with Gasteiger partial charge >= 0.3 is 0 Å². The molecular weight excluding hydrogens is 256 g/mol. The Morgan fingerprint density at radius 2 is 1.84 bits per heavy atom. The van der Waals surface area contributed by atoms with Gasteiger partial charge in [0.2, 0.25) is 0 Å². The highest BCUT2D eigenvalue weighted by atomic mass is 32.1. The van der Waals surface area contributed by atoms with Crippen molar-refractivity contribution in [2.45, 2.75) is 51.7 Å². The van der Waals surface area contributed by atoms with Crippen molar-refractivity contribution < 1.29 is 4.74 Å². The van der Waals surface area contributed by atoms with E-state index in [1.54, 1.807) is 0 Å². The number of anilines is 1. The molecule has 104 valence electrons. The van der Waals surface area contributed by atoms with Gasteiger partial charge < -0.3 is 15.4 Å². The van der Waals surface area contributed by atoms with E-state index in [0.717, 1.165) is 11.4 Å². The average molecular weight is 278 g/mol. The molecule has 0 atom stereocenters. The molecule has 1 aliphatic carbocycles. The highest BCUT2D eigenvalue weighted by Crippen LogP contribution is 2.24. The summed E-state index contributed by atoms with van der Waals surface area (Å²) in [5, 5.41) is 6.96. The fourth-order valence-electron chi connectivity index (χ4n) is 2.24. The van der Waals surface area contributed by atoms with Crippen molar-refractivity contribution in [1.82, 2.24) is 5.32 Å². The van der Waals surface area contributed by atoms with Gasteiger partial charge in [-0.25, -0.2) is 0 Å². The number of benzene rings is 1. The molecule has 0 spiro atoms. The van der Waals surface area contributed by atoms with Crippen molar-refractivity contribution in [1.29, 1.82) is 0 Å². The van der Waals surface area contributed by atoms with Crippen LogP contribution in [-0.2, 0) is 0 Å². The van der Waals surface area contributed by atoms with E-state index in [2.05, 4.69) is 24.5 Å². The van der Waals surface area contributed by atoms with Crippen LogP contribution in [0.1, 0.15) is 39.5 Å². The fraction of sp³-hybridized carbons (Fsp3) is 0.533. The van der Waals surface area contributed by atoms with Crippen LogP contribution in [0.2, 0.25) is 0 Å². The summed E-state index contributed by atoms with van der Waals surface area (Å²) in [5.41, 5.74) is 0.983. The highest BCUT2D eigenvalue weighted by molar-refractivity contribution is 7.80. The van der Waals surface area contributed by atoms with Crippen molar-refractivity contribution in [2.75, 3.05) is 5.32 Å². The lowest BCUT2D eigenvalue weighted by Crippen LogP contribution is -2.33. The Labute approximate surface area is 120 Å². The first kappa shape index (κ1) is 14.1. The Hall–Kier alpha value is -1.29. The molecule has 0 heterocycles. The zero-order valence-electron chi connectivity index (χ0n) is 11.6. The molecule has 19 heavy (non-hydrogen) atoms. The van der Waals surface area contributed by atoms with E-state index in [1.165, 1.54) is 25.7 Å². The van der Waals surface area contributed by atoms with Gasteiger partial charge in [-0.05, 0) is 76.0 Å². The number of rotatable bonds is 4. The number of thiocarbonyl (C=S) groups is 1. The predicted octanol–water partition coefficient (Wildman–Crippen LogP) is 3.70. The lowest BCUT2D eigenvalue weighted by atomic mass is 10.3. The SMILES string of the molecule is CC(C)NC(=S)Nc1ccc(OC2CCCC2)cc1. The maximum absolute atomic E-state index is 5.92. The van der Waals surface area contributed by atoms with Gasteiger partial charge in [-0.2, -0.15) is 0 Å². The highest BCUT2D eigenvalue weighted by Gasteiger charge is 2.16. The molecule has 1 aliphatic rings. The first-order valence-electron chi connectivity index (χ1n) is 6.98. The van der Waals surface area contributed by atoms with E-state index >= 15 is 0 Å². The summed E-state index contributed by atoms with van der Waals surface area (Å²) in [6.07, 6.45) is 5.35. The van der Waals surface area contributed by atoms with Crippen LogP contribution in [0.5, 0.6) is 5.75 Å². The monoisotopic (exact) mass is 278 g/mol. The van der Waals surface area contributed by atoms with Gasteiger partial charge in [-0.3, -0.25) is 0 Å². The van der Waals surface area contributed by atoms with E-state index in [0.29, 0.717) is 17.3 Å². The molecule has 0 radical (unpaired) electrons. The molecule has 0 unspecified atom stereocenters. The molecule has 3 nitrogen and oxygen atoms in total. The molecule has 0 aromatic heterocycles. The average Bonchev–Trinajstić information content (AvgIpc) is 2.83. The zero-order chi connectivity index (χ0) is 13.7. The summed E-state index contributed by atoms with van der Waals surface area (Å²) in [5.74, 6) is 0.945. The van der Waals surface area contributed by atoms with Crippen LogP contribution in [0.25, 0.3) is 0 Å². The molecule has 2 rings (SSSR count). The number of nitrogens with one attached hydrogen (secondary N) is 2. The minimum atomic E-state index is 0.338. The van der Waals surface area contributed by atoms with E-state index in [-0.39, 0.29) is 0 Å². The zero-order valence-corrected chi connectivity index (χ0v) is 12.4. The van der Waals surface area contributed by atoms with Crippen molar-refractivity contribution >= 4 is 23.0 Å². The summed E-state index contributed by atoms with van der Waals surface area (Å²) >= 11 is 5.21. The van der Waals surface area contributed by atoms with Gasteiger partial charge in [0.15, 0.2) is 5.11 Å². The fourth-order valence-corrected chi connectivity index (χ4v) is 2.60. The van der Waals surface area contributed by atoms with Gasteiger partial charge in [-0.1, -0.05) is 0 Å². The minimum absolute atomic E-state index is 0.338. The van der Waals surface area contributed by atoms with Crippen molar-refractivity contribution in [2.24, 2.45) is 0 Å². The Morgan fingerprint density at radius 3 is 2.42 bits per heavy atom. The first-order valence-corrected chi connectivity index (χ1v) is 7.38. The molecule has 0 bridgehead atoms. The third-order valence-electron chi connectivity index (χ3n) is 3.14. The Morgan fingerprint density at radius 1 is 1.21 bits per heavy atom. The van der Waals surface area contributed by atoms with Gasteiger partial charge in [0.1, 0.15) is 5.75 Å². The summed E-state index contributed by atoms with van der Waals surface area (Å²) in [6.45, 7) is 4.12. The van der Waals surface area contributed by atoms with E-state index in [4.69, 9.17) is 17.0 Å². The summed E-state index contributed by atoms with van der Waals surface area (Å²) in [7, 11) is 0. The third kappa shape index (κ3) is 4.71. The third-order valence-corrected chi connectivity index (χ3v) is 3.36. The Kier molecular flexibility index (Phi) is 5.02. The maximum atomic E-state index is 5.92. The number of hydrogen-bond acceptors (Lipinski definition) is 2. The minimum Gasteiger partial charge on any atom is -0.490 e. The lowest BCUT2D eigenvalue weighted by molar-refractivity contribution is 0.210. The van der Waals surface area contributed by atoms with Crippen molar-refractivity contribution in [3.05, 3.63) is 24.3 Å². The van der Waals surface area contributed by atoms with Crippen LogP contribution in [-0.4, -0.2) is 17.3 Å². The van der Waals surface area contributed by atoms with E-state index < -0.39 is 0 Å². The molecule has 1 fully saturated rings. The Balaban J connectivity index is 1.85. The standard InChI is InChI=1S/C15H22N2OS/c1-11(2)16-15(19)17-12-7-9-14(10-8-12)18-13-5-3-4-6-13/h7-11,13H,3-6H2,1-2H3,(H2,16,17,19). The Bertz CT molecular complexity index is 411. The number of ether oxygens (including phenoxy) is 1. The summed E-state index contributed by atoms with van der Waals surface area (Å²) in [4.78, 5) is 0. The predicted molar refractivity (Wildman–Crippen MR) is 83.8 cm³/mol. The second-order valence-corrected chi connectivity index (χ2v) is 5.71. The van der Waals surface area contributed by atoms with Gasteiger partial charge in [-0.15, -0.1) is 0 Å². The molecule has 0 saturated heterocycles. The molecule has 1 aromatic rings. The first-order chi connectivity index (χ1) is 9.13. The van der Waals surface area contributed by atoms with E-state index in [9.17, 15) is 0 Å². The second kappa shape index (κ2) is 6.75. The molecule has 0 amide bonds. The largest absolute Gasteiger partial charge is 0.490 e. The summed E-state index contributed by atoms with van der Waals surface area (Å²) < 4.78 is 5.92. The smallest absolute Gasteiger partial charge is 0.170 e. The quantitative estimate of drug-likeness (QED) is 0.823. The van der Waals surface area contributed by atoms with Crippen LogP contribution in [0.3, 0.4) is 0 Å².